The van der Waals surface area contributed by atoms with Crippen molar-refractivity contribution in [3.05, 3.63) is 65.7 Å². The molecule has 8 heteroatoms. The second kappa shape index (κ2) is 5.73. The highest BCUT2D eigenvalue weighted by Gasteiger charge is 2.31. The lowest BCUT2D eigenvalue weighted by atomic mass is 9.83. The van der Waals surface area contributed by atoms with Gasteiger partial charge in [-0.05, 0) is 41.5 Å². The quantitative estimate of drug-likeness (QED) is 0.595. The third-order valence-electron chi connectivity index (χ3n) is 4.96. The summed E-state index contributed by atoms with van der Waals surface area (Å²) in [6, 6.07) is 10.2. The second-order valence-corrected chi connectivity index (χ2v) is 6.57. The van der Waals surface area contributed by atoms with E-state index in [2.05, 4.69) is 20.7 Å². The van der Waals surface area contributed by atoms with Gasteiger partial charge in [-0.1, -0.05) is 11.3 Å². The van der Waals surface area contributed by atoms with Crippen LogP contribution in [0.5, 0.6) is 0 Å². The average Bonchev–Trinajstić information content (AvgIpc) is 3.31. The van der Waals surface area contributed by atoms with Gasteiger partial charge in [0.05, 0.1) is 16.9 Å². The van der Waals surface area contributed by atoms with Crippen molar-refractivity contribution >= 4 is 22.6 Å². The first-order valence-corrected chi connectivity index (χ1v) is 8.53. The molecule has 1 atom stereocenters. The average molecular weight is 362 g/mol. The molecule has 1 unspecified atom stereocenters. The molecule has 0 saturated carbocycles. The number of benzene rings is 2. The number of halogens is 1. The van der Waals surface area contributed by atoms with Crippen molar-refractivity contribution in [2.24, 2.45) is 7.05 Å². The highest BCUT2D eigenvalue weighted by molar-refractivity contribution is 6.03. The molecule has 1 aliphatic heterocycles. The van der Waals surface area contributed by atoms with Gasteiger partial charge in [-0.2, -0.15) is 5.10 Å². The Hall–Kier alpha value is -3.55. The van der Waals surface area contributed by atoms with E-state index < -0.39 is 0 Å². The van der Waals surface area contributed by atoms with E-state index in [1.807, 2.05) is 12.1 Å². The number of carbonyl (C=O) groups excluding carboxylic acids is 1. The van der Waals surface area contributed by atoms with Gasteiger partial charge in [-0.25, -0.2) is 13.8 Å². The predicted octanol–water partition coefficient (Wildman–Crippen LogP) is 2.77. The molecule has 2 aromatic carbocycles. The summed E-state index contributed by atoms with van der Waals surface area (Å²) in [6.45, 7) is 0. The van der Waals surface area contributed by atoms with Gasteiger partial charge in [0.15, 0.2) is 0 Å². The number of hydrogen-bond donors (Lipinski definition) is 1. The maximum atomic E-state index is 14.1. The number of hydrogen-bond acceptors (Lipinski definition) is 4. The zero-order valence-corrected chi connectivity index (χ0v) is 14.4. The molecule has 27 heavy (non-hydrogen) atoms. The molecule has 2 aromatic heterocycles. The Morgan fingerprint density at radius 1 is 1.22 bits per heavy atom. The first-order valence-electron chi connectivity index (χ1n) is 8.53. The van der Waals surface area contributed by atoms with Gasteiger partial charge in [0.25, 0.3) is 0 Å². The number of rotatable bonds is 2. The lowest BCUT2D eigenvalue weighted by Gasteiger charge is -2.27. The van der Waals surface area contributed by atoms with Crippen molar-refractivity contribution in [2.45, 2.75) is 12.3 Å². The van der Waals surface area contributed by atoms with Crippen LogP contribution in [-0.2, 0) is 11.8 Å². The Morgan fingerprint density at radius 3 is 2.93 bits per heavy atom. The van der Waals surface area contributed by atoms with E-state index in [-0.39, 0.29) is 24.1 Å². The van der Waals surface area contributed by atoms with E-state index in [4.69, 9.17) is 0 Å². The van der Waals surface area contributed by atoms with Gasteiger partial charge in [0, 0.05) is 31.8 Å². The zero-order chi connectivity index (χ0) is 18.5. The number of nitrogens with zero attached hydrogens (tertiary/aromatic N) is 5. The summed E-state index contributed by atoms with van der Waals surface area (Å²) in [5.41, 5.74) is 4.43. The van der Waals surface area contributed by atoms with Crippen LogP contribution in [0.25, 0.3) is 16.7 Å². The first-order chi connectivity index (χ1) is 13.1. The molecule has 134 valence electrons. The number of fused-ring (bicyclic) bond motifs is 3. The summed E-state index contributed by atoms with van der Waals surface area (Å²) < 4.78 is 17.5. The van der Waals surface area contributed by atoms with Crippen LogP contribution >= 0.6 is 0 Å². The molecule has 0 saturated heterocycles. The molecule has 3 heterocycles. The van der Waals surface area contributed by atoms with Gasteiger partial charge in [0.1, 0.15) is 11.3 Å². The second-order valence-electron chi connectivity index (χ2n) is 6.57. The number of carbonyl (C=O) groups is 1. The Labute approximate surface area is 153 Å². The fourth-order valence-corrected chi connectivity index (χ4v) is 3.73. The standard InChI is InChI=1S/C19H15FN6O/c1-25-16-6-4-12-13(10-17(27)22-18(12)19(16)23-24-25)14-9-11(20)3-5-15(14)26-8-2-7-21-26/h2-9,13H,10H2,1H3,(H,22,27). The smallest absolute Gasteiger partial charge is 0.225 e. The number of aromatic nitrogens is 5. The van der Waals surface area contributed by atoms with Crippen molar-refractivity contribution in [2.75, 3.05) is 5.32 Å². The molecule has 0 spiro atoms. The molecular formula is C19H15FN6O. The molecular weight excluding hydrogens is 347 g/mol. The van der Waals surface area contributed by atoms with Gasteiger partial charge < -0.3 is 5.32 Å². The van der Waals surface area contributed by atoms with E-state index in [0.29, 0.717) is 16.8 Å². The fraction of sp³-hybridized carbons (Fsp3) is 0.158. The number of amides is 1. The van der Waals surface area contributed by atoms with Crippen LogP contribution in [-0.4, -0.2) is 30.7 Å². The highest BCUT2D eigenvalue weighted by Crippen LogP contribution is 2.42. The Kier molecular flexibility index (Phi) is 3.33. The van der Waals surface area contributed by atoms with Gasteiger partial charge >= 0.3 is 0 Å². The predicted molar refractivity (Wildman–Crippen MR) is 97.1 cm³/mol. The minimum absolute atomic E-state index is 0.138. The largest absolute Gasteiger partial charge is 0.324 e. The summed E-state index contributed by atoms with van der Waals surface area (Å²) in [4.78, 5) is 12.5. The SMILES string of the molecule is Cn1nnc2c3c(ccc21)C(c1cc(F)ccc1-n1cccn1)CC(=O)N3. The van der Waals surface area contributed by atoms with E-state index in [1.165, 1.54) is 12.1 Å². The van der Waals surface area contributed by atoms with Crippen molar-refractivity contribution in [1.29, 1.82) is 0 Å². The topological polar surface area (TPSA) is 77.6 Å². The van der Waals surface area contributed by atoms with E-state index in [1.54, 1.807) is 40.9 Å². The van der Waals surface area contributed by atoms with Crippen LogP contribution < -0.4 is 5.32 Å². The third kappa shape index (κ3) is 2.41. The van der Waals surface area contributed by atoms with Crippen molar-refractivity contribution in [3.8, 4) is 5.69 Å². The molecule has 7 nitrogen and oxygen atoms in total. The van der Waals surface area contributed by atoms with Crippen LogP contribution in [0.15, 0.2) is 48.8 Å². The Bertz CT molecular complexity index is 1180. The van der Waals surface area contributed by atoms with E-state index in [0.717, 1.165) is 16.8 Å². The van der Waals surface area contributed by atoms with E-state index >= 15 is 0 Å². The third-order valence-corrected chi connectivity index (χ3v) is 4.96. The Morgan fingerprint density at radius 2 is 2.11 bits per heavy atom. The van der Waals surface area contributed by atoms with Crippen LogP contribution in [0, 0.1) is 5.82 Å². The van der Waals surface area contributed by atoms with Crippen molar-refractivity contribution in [3.63, 3.8) is 0 Å². The summed E-state index contributed by atoms with van der Waals surface area (Å²) in [5, 5.41) is 15.4. The summed E-state index contributed by atoms with van der Waals surface area (Å²) in [5.74, 6) is -0.801. The lowest BCUT2D eigenvalue weighted by Crippen LogP contribution is -2.24. The molecule has 4 aromatic rings. The summed E-state index contributed by atoms with van der Waals surface area (Å²) in [7, 11) is 1.80. The van der Waals surface area contributed by atoms with Crippen molar-refractivity contribution < 1.29 is 9.18 Å². The van der Waals surface area contributed by atoms with Crippen LogP contribution in [0.3, 0.4) is 0 Å². The summed E-state index contributed by atoms with van der Waals surface area (Å²) in [6.07, 6.45) is 3.68. The molecule has 0 radical (unpaired) electrons. The minimum atomic E-state index is -0.353. The van der Waals surface area contributed by atoms with Gasteiger partial charge in [0.2, 0.25) is 5.91 Å². The van der Waals surface area contributed by atoms with Crippen LogP contribution in [0.1, 0.15) is 23.5 Å². The van der Waals surface area contributed by atoms with Crippen molar-refractivity contribution in [1.82, 2.24) is 24.8 Å². The fourth-order valence-electron chi connectivity index (χ4n) is 3.73. The monoisotopic (exact) mass is 362 g/mol. The van der Waals surface area contributed by atoms with Crippen LogP contribution in [0.4, 0.5) is 10.1 Å². The van der Waals surface area contributed by atoms with Gasteiger partial charge in [-0.3, -0.25) is 4.79 Å². The number of nitrogens with one attached hydrogen (secondary N) is 1. The molecule has 5 rings (SSSR count). The Balaban J connectivity index is 1.75. The molecule has 0 aliphatic carbocycles. The molecule has 0 bridgehead atoms. The maximum Gasteiger partial charge on any atom is 0.225 e. The summed E-state index contributed by atoms with van der Waals surface area (Å²) >= 11 is 0. The number of aryl methyl sites for hydroxylation is 1. The number of anilines is 1. The molecule has 1 aliphatic rings. The minimum Gasteiger partial charge on any atom is -0.324 e. The van der Waals surface area contributed by atoms with E-state index in [9.17, 15) is 9.18 Å². The zero-order valence-electron chi connectivity index (χ0n) is 14.4. The van der Waals surface area contributed by atoms with Gasteiger partial charge in [-0.15, -0.1) is 5.10 Å². The van der Waals surface area contributed by atoms with Crippen LogP contribution in [0.2, 0.25) is 0 Å². The lowest BCUT2D eigenvalue weighted by molar-refractivity contribution is -0.116. The normalized spacial score (nSPS) is 16.4. The molecule has 1 amide bonds. The first kappa shape index (κ1) is 15.7. The highest BCUT2D eigenvalue weighted by atomic mass is 19.1. The molecule has 1 N–H and O–H groups in total. The molecule has 0 fully saturated rings. The maximum absolute atomic E-state index is 14.1.